The molecule has 0 unspecified atom stereocenters. The van der Waals surface area contributed by atoms with Crippen molar-refractivity contribution in [2.75, 3.05) is 0 Å². The number of carboxylic acid groups (broad SMARTS) is 1. The highest BCUT2D eigenvalue weighted by Crippen LogP contribution is 2.28. The summed E-state index contributed by atoms with van der Waals surface area (Å²) in [6, 6.07) is 6.65. The molecular weight excluding hydrogens is 258 g/mol. The number of ether oxygens (including phenoxy) is 1. The third-order valence-electron chi connectivity index (χ3n) is 2.60. The van der Waals surface area contributed by atoms with Crippen molar-refractivity contribution in [2.45, 2.75) is 13.8 Å². The molecule has 0 aromatic carbocycles. The number of aryl methyl sites for hydroxylation is 2. The van der Waals surface area contributed by atoms with E-state index in [-0.39, 0.29) is 22.8 Å². The van der Waals surface area contributed by atoms with Gasteiger partial charge in [0.15, 0.2) is 11.4 Å². The van der Waals surface area contributed by atoms with Crippen LogP contribution in [0.1, 0.15) is 27.4 Å². The summed E-state index contributed by atoms with van der Waals surface area (Å²) in [5, 5.41) is 18.2. The Labute approximate surface area is 115 Å². The minimum atomic E-state index is -1.19. The van der Waals surface area contributed by atoms with E-state index in [1.807, 2.05) is 6.07 Å². The summed E-state index contributed by atoms with van der Waals surface area (Å²) in [4.78, 5) is 19.0. The van der Waals surface area contributed by atoms with Crippen molar-refractivity contribution < 1.29 is 14.6 Å². The molecule has 0 aliphatic rings. The molecule has 2 aromatic rings. The van der Waals surface area contributed by atoms with Crippen LogP contribution in [0.2, 0.25) is 0 Å². The smallest absolute Gasteiger partial charge is 0.358 e. The lowest BCUT2D eigenvalue weighted by atomic mass is 10.2. The van der Waals surface area contributed by atoms with Crippen molar-refractivity contribution >= 4 is 5.97 Å². The van der Waals surface area contributed by atoms with Crippen LogP contribution in [-0.4, -0.2) is 21.0 Å². The summed E-state index contributed by atoms with van der Waals surface area (Å²) >= 11 is 0. The van der Waals surface area contributed by atoms with Gasteiger partial charge in [-0.2, -0.15) is 5.26 Å². The SMILES string of the molecule is Cc1cc(Oc2cccnc2C(=O)O)c(C#N)c(C)n1. The fourth-order valence-corrected chi connectivity index (χ4v) is 1.76. The van der Waals surface area contributed by atoms with Crippen LogP contribution in [0.3, 0.4) is 0 Å². The predicted octanol–water partition coefficient (Wildman–Crippen LogP) is 2.46. The van der Waals surface area contributed by atoms with Gasteiger partial charge >= 0.3 is 5.97 Å². The highest BCUT2D eigenvalue weighted by atomic mass is 16.5. The molecule has 0 atom stereocenters. The topological polar surface area (TPSA) is 96.1 Å². The van der Waals surface area contributed by atoms with E-state index in [1.54, 1.807) is 26.0 Å². The zero-order chi connectivity index (χ0) is 14.7. The Balaban J connectivity index is 2.51. The molecule has 0 fully saturated rings. The molecule has 1 N–H and O–H groups in total. The number of hydrogen-bond donors (Lipinski definition) is 1. The first-order chi connectivity index (χ1) is 9.52. The molecule has 0 saturated heterocycles. The van der Waals surface area contributed by atoms with Crippen LogP contribution in [0.4, 0.5) is 0 Å². The molecule has 20 heavy (non-hydrogen) atoms. The summed E-state index contributed by atoms with van der Waals surface area (Å²) in [5.74, 6) is -0.837. The maximum atomic E-state index is 11.1. The number of hydrogen-bond acceptors (Lipinski definition) is 5. The lowest BCUT2D eigenvalue weighted by Crippen LogP contribution is -2.04. The Morgan fingerprint density at radius 2 is 2.15 bits per heavy atom. The van der Waals surface area contributed by atoms with Crippen LogP contribution in [0.15, 0.2) is 24.4 Å². The number of pyridine rings is 2. The van der Waals surface area contributed by atoms with Gasteiger partial charge in [0, 0.05) is 18.0 Å². The van der Waals surface area contributed by atoms with E-state index < -0.39 is 5.97 Å². The van der Waals surface area contributed by atoms with E-state index in [1.165, 1.54) is 12.3 Å². The normalized spacial score (nSPS) is 9.85. The van der Waals surface area contributed by atoms with Crippen molar-refractivity contribution in [2.24, 2.45) is 0 Å². The summed E-state index contributed by atoms with van der Waals surface area (Å²) in [6.07, 6.45) is 1.37. The maximum Gasteiger partial charge on any atom is 0.358 e. The zero-order valence-electron chi connectivity index (χ0n) is 10.9. The van der Waals surface area contributed by atoms with Crippen LogP contribution in [0.25, 0.3) is 0 Å². The number of aromatic nitrogens is 2. The highest BCUT2D eigenvalue weighted by molar-refractivity contribution is 5.88. The minimum absolute atomic E-state index is 0.0847. The Morgan fingerprint density at radius 1 is 1.40 bits per heavy atom. The summed E-state index contributed by atoms with van der Waals surface area (Å²) in [5.41, 5.74) is 1.28. The molecule has 0 aliphatic carbocycles. The third-order valence-corrected chi connectivity index (χ3v) is 2.60. The average molecular weight is 269 g/mol. The maximum absolute atomic E-state index is 11.1. The fourth-order valence-electron chi connectivity index (χ4n) is 1.76. The second-order valence-corrected chi connectivity index (χ2v) is 4.09. The lowest BCUT2D eigenvalue weighted by Gasteiger charge is -2.11. The second-order valence-electron chi connectivity index (χ2n) is 4.09. The summed E-state index contributed by atoms with van der Waals surface area (Å²) < 4.78 is 5.55. The number of nitrogens with zero attached hydrogens (tertiary/aromatic N) is 3. The standard InChI is InChI=1S/C14H11N3O3/c1-8-6-12(10(7-15)9(2)17-8)20-11-4-3-5-16-13(11)14(18)19/h3-6H,1-2H3,(H,18,19). The van der Waals surface area contributed by atoms with Gasteiger partial charge < -0.3 is 9.84 Å². The molecule has 2 rings (SSSR count). The first-order valence-electron chi connectivity index (χ1n) is 5.77. The van der Waals surface area contributed by atoms with E-state index >= 15 is 0 Å². The Bertz CT molecular complexity index is 720. The van der Waals surface area contributed by atoms with Crippen LogP contribution in [0.5, 0.6) is 11.5 Å². The third kappa shape index (κ3) is 2.57. The quantitative estimate of drug-likeness (QED) is 0.919. The van der Waals surface area contributed by atoms with Crippen molar-refractivity contribution in [1.29, 1.82) is 5.26 Å². The van der Waals surface area contributed by atoms with Crippen LogP contribution in [-0.2, 0) is 0 Å². The zero-order valence-corrected chi connectivity index (χ0v) is 10.9. The van der Waals surface area contributed by atoms with Gasteiger partial charge in [-0.15, -0.1) is 0 Å². The van der Waals surface area contributed by atoms with Gasteiger partial charge in [-0.25, -0.2) is 9.78 Å². The lowest BCUT2D eigenvalue weighted by molar-refractivity contribution is 0.0687. The summed E-state index contributed by atoms with van der Waals surface area (Å²) in [7, 11) is 0. The van der Waals surface area contributed by atoms with E-state index in [0.717, 1.165) is 0 Å². The molecule has 6 heteroatoms. The van der Waals surface area contributed by atoms with Gasteiger partial charge in [-0.3, -0.25) is 4.98 Å². The molecule has 0 saturated carbocycles. The molecule has 2 aromatic heterocycles. The largest absolute Gasteiger partial charge is 0.476 e. The van der Waals surface area contributed by atoms with Crippen LogP contribution < -0.4 is 4.74 Å². The van der Waals surface area contributed by atoms with E-state index in [4.69, 9.17) is 15.1 Å². The van der Waals surface area contributed by atoms with Gasteiger partial charge in [0.2, 0.25) is 0 Å². The van der Waals surface area contributed by atoms with E-state index in [9.17, 15) is 4.79 Å². The van der Waals surface area contributed by atoms with Crippen molar-refractivity contribution in [3.63, 3.8) is 0 Å². The molecule has 0 spiro atoms. The predicted molar refractivity (Wildman–Crippen MR) is 69.7 cm³/mol. The molecule has 100 valence electrons. The molecule has 0 amide bonds. The first-order valence-corrected chi connectivity index (χ1v) is 5.77. The molecule has 0 aliphatic heterocycles. The average Bonchev–Trinajstić information content (AvgIpc) is 2.38. The molecular formula is C14H11N3O3. The monoisotopic (exact) mass is 269 g/mol. The molecule has 2 heterocycles. The van der Waals surface area contributed by atoms with Crippen molar-refractivity contribution in [1.82, 2.24) is 9.97 Å². The molecule has 6 nitrogen and oxygen atoms in total. The van der Waals surface area contributed by atoms with Crippen molar-refractivity contribution in [3.05, 3.63) is 47.0 Å². The first kappa shape index (κ1) is 13.5. The molecule has 0 radical (unpaired) electrons. The number of carbonyl (C=O) groups is 1. The van der Waals surface area contributed by atoms with Crippen LogP contribution in [0, 0.1) is 25.2 Å². The van der Waals surface area contributed by atoms with Gasteiger partial charge in [0.25, 0.3) is 0 Å². The second kappa shape index (κ2) is 5.36. The fraction of sp³-hybridized carbons (Fsp3) is 0.143. The van der Waals surface area contributed by atoms with Gasteiger partial charge in [0.05, 0.1) is 5.69 Å². The Hall–Kier alpha value is -2.94. The van der Waals surface area contributed by atoms with Gasteiger partial charge in [-0.05, 0) is 26.0 Å². The van der Waals surface area contributed by atoms with E-state index in [0.29, 0.717) is 11.4 Å². The number of aromatic carboxylic acids is 1. The highest BCUT2D eigenvalue weighted by Gasteiger charge is 2.16. The van der Waals surface area contributed by atoms with Gasteiger partial charge in [-0.1, -0.05) is 0 Å². The number of rotatable bonds is 3. The van der Waals surface area contributed by atoms with Crippen molar-refractivity contribution in [3.8, 4) is 17.6 Å². The molecule has 0 bridgehead atoms. The van der Waals surface area contributed by atoms with E-state index in [2.05, 4.69) is 9.97 Å². The summed E-state index contributed by atoms with van der Waals surface area (Å²) in [6.45, 7) is 3.46. The van der Waals surface area contributed by atoms with Crippen LogP contribution >= 0.6 is 0 Å². The minimum Gasteiger partial charge on any atom is -0.476 e. The Morgan fingerprint density at radius 3 is 2.80 bits per heavy atom. The number of nitriles is 1. The number of carboxylic acids is 1. The van der Waals surface area contributed by atoms with Gasteiger partial charge in [0.1, 0.15) is 17.4 Å². The Kier molecular flexibility index (Phi) is 3.62.